The van der Waals surface area contributed by atoms with Crippen LogP contribution < -0.4 is 5.32 Å². The number of phenolic OH excluding ortho intramolecular Hbond substituents is 1. The molecule has 17 heavy (non-hydrogen) atoms. The van der Waals surface area contributed by atoms with Crippen molar-refractivity contribution in [1.29, 1.82) is 0 Å². The van der Waals surface area contributed by atoms with Crippen LogP contribution in [0, 0.1) is 5.92 Å². The van der Waals surface area contributed by atoms with Crippen LogP contribution in [0.1, 0.15) is 19.4 Å². The first-order valence-electron chi connectivity index (χ1n) is 5.79. The molecule has 0 saturated carbocycles. The van der Waals surface area contributed by atoms with Crippen LogP contribution in [0.25, 0.3) is 0 Å². The Labute approximate surface area is 102 Å². The third-order valence-corrected chi connectivity index (χ3v) is 2.45. The third-order valence-electron chi connectivity index (χ3n) is 2.45. The molecule has 1 rings (SSSR count). The standard InChI is InChI=1S/C13H19NO3/c1-3-17-13(16)10(2)8-14-9-11-6-4-5-7-12(11)15/h4-7,10,14-15H,3,8-9H2,1-2H3. The van der Waals surface area contributed by atoms with Gasteiger partial charge in [-0.15, -0.1) is 0 Å². The number of hydrogen-bond donors (Lipinski definition) is 2. The number of benzene rings is 1. The summed E-state index contributed by atoms with van der Waals surface area (Å²) in [6.07, 6.45) is 0. The van der Waals surface area contributed by atoms with Crippen LogP contribution in [0.2, 0.25) is 0 Å². The first kappa shape index (κ1) is 13.5. The van der Waals surface area contributed by atoms with E-state index in [0.29, 0.717) is 19.7 Å². The molecule has 4 heteroatoms. The molecule has 0 aliphatic heterocycles. The van der Waals surface area contributed by atoms with Crippen molar-refractivity contribution in [3.05, 3.63) is 29.8 Å². The predicted octanol–water partition coefficient (Wildman–Crippen LogP) is 1.68. The summed E-state index contributed by atoms with van der Waals surface area (Å²) in [6, 6.07) is 7.13. The van der Waals surface area contributed by atoms with Crippen LogP contribution in [0.3, 0.4) is 0 Å². The van der Waals surface area contributed by atoms with Crippen LogP contribution in [0.15, 0.2) is 24.3 Å². The van der Waals surface area contributed by atoms with Crippen LogP contribution in [0.5, 0.6) is 5.75 Å². The molecule has 0 aliphatic carbocycles. The van der Waals surface area contributed by atoms with Crippen molar-refractivity contribution in [1.82, 2.24) is 5.32 Å². The molecule has 0 fully saturated rings. The summed E-state index contributed by atoms with van der Waals surface area (Å²) in [4.78, 5) is 11.3. The second kappa shape index (κ2) is 6.91. The van der Waals surface area contributed by atoms with Gasteiger partial charge in [-0.2, -0.15) is 0 Å². The highest BCUT2D eigenvalue weighted by Gasteiger charge is 2.13. The fraction of sp³-hybridized carbons (Fsp3) is 0.462. The predicted molar refractivity (Wildman–Crippen MR) is 65.6 cm³/mol. The van der Waals surface area contributed by atoms with E-state index in [4.69, 9.17) is 4.74 Å². The molecule has 0 amide bonds. The number of para-hydroxylation sites is 1. The quantitative estimate of drug-likeness (QED) is 0.739. The van der Waals surface area contributed by atoms with Gasteiger partial charge in [0.05, 0.1) is 12.5 Å². The van der Waals surface area contributed by atoms with Gasteiger partial charge in [-0.25, -0.2) is 0 Å². The summed E-state index contributed by atoms with van der Waals surface area (Å²) in [5.41, 5.74) is 0.823. The summed E-state index contributed by atoms with van der Waals surface area (Å²) in [5.74, 6) is -0.109. The summed E-state index contributed by atoms with van der Waals surface area (Å²) in [6.45, 7) is 5.09. The van der Waals surface area contributed by atoms with Gasteiger partial charge in [0, 0.05) is 18.7 Å². The van der Waals surface area contributed by atoms with Crippen molar-refractivity contribution in [2.75, 3.05) is 13.2 Å². The number of rotatable bonds is 6. The normalized spacial score (nSPS) is 12.1. The molecule has 1 aromatic rings. The lowest BCUT2D eigenvalue weighted by Crippen LogP contribution is -2.27. The van der Waals surface area contributed by atoms with Crippen molar-refractivity contribution < 1.29 is 14.6 Å². The summed E-state index contributed by atoms with van der Waals surface area (Å²) >= 11 is 0. The van der Waals surface area contributed by atoms with Gasteiger partial charge in [0.15, 0.2) is 0 Å². The van der Waals surface area contributed by atoms with Gasteiger partial charge in [0.2, 0.25) is 0 Å². The summed E-state index contributed by atoms with van der Waals surface area (Å²) in [7, 11) is 0. The molecule has 1 atom stereocenters. The maximum Gasteiger partial charge on any atom is 0.309 e. The number of esters is 1. The monoisotopic (exact) mass is 237 g/mol. The summed E-state index contributed by atoms with van der Waals surface area (Å²) in [5, 5.41) is 12.7. The minimum atomic E-state index is -0.197. The lowest BCUT2D eigenvalue weighted by atomic mass is 10.1. The molecule has 2 N–H and O–H groups in total. The van der Waals surface area contributed by atoms with Gasteiger partial charge >= 0.3 is 5.97 Å². The molecule has 0 bridgehead atoms. The van der Waals surface area contributed by atoms with Crippen LogP contribution >= 0.6 is 0 Å². The first-order chi connectivity index (χ1) is 8.15. The van der Waals surface area contributed by atoms with E-state index in [-0.39, 0.29) is 17.6 Å². The third kappa shape index (κ3) is 4.44. The second-order valence-corrected chi connectivity index (χ2v) is 3.91. The average molecular weight is 237 g/mol. The van der Waals surface area contributed by atoms with E-state index in [2.05, 4.69) is 5.32 Å². The van der Waals surface area contributed by atoms with E-state index in [1.165, 1.54) is 0 Å². The molecular weight excluding hydrogens is 218 g/mol. The number of carbonyl (C=O) groups is 1. The zero-order valence-electron chi connectivity index (χ0n) is 10.3. The zero-order valence-corrected chi connectivity index (χ0v) is 10.3. The molecule has 94 valence electrons. The molecule has 0 saturated heterocycles. The maximum absolute atomic E-state index is 11.3. The highest BCUT2D eigenvalue weighted by atomic mass is 16.5. The van der Waals surface area contributed by atoms with E-state index >= 15 is 0 Å². The SMILES string of the molecule is CCOC(=O)C(C)CNCc1ccccc1O. The number of phenols is 1. The van der Waals surface area contributed by atoms with E-state index < -0.39 is 0 Å². The molecule has 0 radical (unpaired) electrons. The molecule has 1 unspecified atom stereocenters. The highest BCUT2D eigenvalue weighted by molar-refractivity contribution is 5.72. The molecule has 1 aromatic carbocycles. The van der Waals surface area contributed by atoms with Gasteiger partial charge in [-0.3, -0.25) is 4.79 Å². The van der Waals surface area contributed by atoms with E-state index in [9.17, 15) is 9.90 Å². The molecular formula is C13H19NO3. The zero-order chi connectivity index (χ0) is 12.7. The van der Waals surface area contributed by atoms with E-state index in [1.807, 2.05) is 19.1 Å². The topological polar surface area (TPSA) is 58.6 Å². The Bertz CT molecular complexity index is 365. The van der Waals surface area contributed by atoms with E-state index in [0.717, 1.165) is 5.56 Å². The maximum atomic E-state index is 11.3. The lowest BCUT2D eigenvalue weighted by molar-refractivity contribution is -0.147. The smallest absolute Gasteiger partial charge is 0.309 e. The van der Waals surface area contributed by atoms with Crippen molar-refractivity contribution in [3.63, 3.8) is 0 Å². The number of ether oxygens (including phenoxy) is 1. The Kier molecular flexibility index (Phi) is 5.49. The van der Waals surface area contributed by atoms with E-state index in [1.54, 1.807) is 19.1 Å². The van der Waals surface area contributed by atoms with Crippen LogP contribution in [-0.2, 0) is 16.1 Å². The van der Waals surface area contributed by atoms with Crippen molar-refractivity contribution in [2.45, 2.75) is 20.4 Å². The minimum absolute atomic E-state index is 0.180. The van der Waals surface area contributed by atoms with Gasteiger partial charge < -0.3 is 15.2 Å². The molecule has 0 heterocycles. The fourth-order valence-electron chi connectivity index (χ4n) is 1.45. The molecule has 4 nitrogen and oxygen atoms in total. The Morgan fingerprint density at radius 2 is 2.18 bits per heavy atom. The Morgan fingerprint density at radius 3 is 2.82 bits per heavy atom. The number of hydrogen-bond acceptors (Lipinski definition) is 4. The first-order valence-corrected chi connectivity index (χ1v) is 5.79. The molecule has 0 aliphatic rings. The molecule has 0 aromatic heterocycles. The van der Waals surface area contributed by atoms with Crippen molar-refractivity contribution >= 4 is 5.97 Å². The van der Waals surface area contributed by atoms with Crippen molar-refractivity contribution in [3.8, 4) is 5.75 Å². The summed E-state index contributed by atoms with van der Waals surface area (Å²) < 4.78 is 4.90. The minimum Gasteiger partial charge on any atom is -0.508 e. The average Bonchev–Trinajstić information content (AvgIpc) is 2.31. The van der Waals surface area contributed by atoms with Gasteiger partial charge in [0.1, 0.15) is 5.75 Å². The largest absolute Gasteiger partial charge is 0.508 e. The lowest BCUT2D eigenvalue weighted by Gasteiger charge is -2.12. The van der Waals surface area contributed by atoms with Crippen molar-refractivity contribution in [2.24, 2.45) is 5.92 Å². The highest BCUT2D eigenvalue weighted by Crippen LogP contribution is 2.14. The Morgan fingerprint density at radius 1 is 1.47 bits per heavy atom. The molecule has 0 spiro atoms. The van der Waals surface area contributed by atoms with Gasteiger partial charge in [-0.1, -0.05) is 25.1 Å². The van der Waals surface area contributed by atoms with Gasteiger partial charge in [-0.05, 0) is 13.0 Å². The fourth-order valence-corrected chi connectivity index (χ4v) is 1.45. The second-order valence-electron chi connectivity index (χ2n) is 3.91. The van der Waals surface area contributed by atoms with Crippen LogP contribution in [-0.4, -0.2) is 24.2 Å². The Balaban J connectivity index is 2.33. The van der Waals surface area contributed by atoms with Crippen LogP contribution in [0.4, 0.5) is 0 Å². The van der Waals surface area contributed by atoms with Gasteiger partial charge in [0.25, 0.3) is 0 Å². The number of nitrogens with one attached hydrogen (secondary N) is 1. The number of aromatic hydroxyl groups is 1. The Hall–Kier alpha value is -1.55. The number of carbonyl (C=O) groups excluding carboxylic acids is 1.